The largest absolute Gasteiger partial charge is 0.322 e. The molecule has 2 aromatic carbocycles. The fraction of sp³-hybridized carbons (Fsp3) is 0.286. The molecule has 5 heteroatoms. The highest BCUT2D eigenvalue weighted by Crippen LogP contribution is 2.37. The Balaban J connectivity index is 1.73. The molecule has 0 saturated heterocycles. The Hall–Kier alpha value is -2.95. The van der Waals surface area contributed by atoms with E-state index >= 15 is 0 Å². The van der Waals surface area contributed by atoms with Gasteiger partial charge in [-0.25, -0.2) is 0 Å². The molecule has 0 radical (unpaired) electrons. The number of rotatable bonds is 4. The second-order valence-corrected chi connectivity index (χ2v) is 6.75. The van der Waals surface area contributed by atoms with Gasteiger partial charge in [-0.05, 0) is 56.5 Å². The van der Waals surface area contributed by atoms with Gasteiger partial charge >= 0.3 is 0 Å². The number of hydrogen-bond donors (Lipinski definition) is 0. The Morgan fingerprint density at radius 2 is 2.00 bits per heavy atom. The number of benzene rings is 2. The Kier molecular flexibility index (Phi) is 4.29. The van der Waals surface area contributed by atoms with Gasteiger partial charge in [0.1, 0.15) is 0 Å². The second kappa shape index (κ2) is 6.75. The molecule has 1 unspecified atom stereocenters. The molecule has 1 aliphatic rings. The molecule has 0 saturated carbocycles. The Labute approximate surface area is 154 Å². The number of anilines is 4. The van der Waals surface area contributed by atoms with Crippen LogP contribution in [0.1, 0.15) is 25.0 Å². The molecule has 1 aromatic heterocycles. The molecule has 0 aliphatic carbocycles. The van der Waals surface area contributed by atoms with Crippen LogP contribution in [0.2, 0.25) is 0 Å². The Morgan fingerprint density at radius 3 is 2.81 bits per heavy atom. The molecule has 4 rings (SSSR count). The van der Waals surface area contributed by atoms with Crippen molar-refractivity contribution >= 4 is 23.1 Å². The van der Waals surface area contributed by atoms with Crippen LogP contribution < -0.4 is 9.80 Å². The van der Waals surface area contributed by atoms with Crippen molar-refractivity contribution in [2.45, 2.75) is 33.2 Å². The first-order valence-electron chi connectivity index (χ1n) is 9.08. The zero-order valence-electron chi connectivity index (χ0n) is 15.4. The van der Waals surface area contributed by atoms with E-state index in [1.54, 1.807) is 6.20 Å². The van der Waals surface area contributed by atoms with Crippen LogP contribution in [0, 0.1) is 6.92 Å². The molecule has 0 amide bonds. The minimum atomic E-state index is 0.353. The van der Waals surface area contributed by atoms with E-state index in [0.717, 1.165) is 24.5 Å². The minimum Gasteiger partial charge on any atom is -0.322 e. The van der Waals surface area contributed by atoms with Gasteiger partial charge in [0.2, 0.25) is 0 Å². The number of aromatic nitrogens is 3. The third-order valence-electron chi connectivity index (χ3n) is 4.86. The van der Waals surface area contributed by atoms with Gasteiger partial charge in [-0.1, -0.05) is 30.3 Å². The van der Waals surface area contributed by atoms with Crippen molar-refractivity contribution in [1.29, 1.82) is 0 Å². The van der Waals surface area contributed by atoms with Crippen molar-refractivity contribution in [3.05, 3.63) is 65.9 Å². The minimum absolute atomic E-state index is 0.353. The van der Waals surface area contributed by atoms with Crippen molar-refractivity contribution in [3.8, 4) is 0 Å². The first-order valence-corrected chi connectivity index (χ1v) is 9.08. The highest BCUT2D eigenvalue weighted by Gasteiger charge is 2.28. The summed E-state index contributed by atoms with van der Waals surface area (Å²) in [6, 6.07) is 17.2. The molecule has 0 fully saturated rings. The average molecular weight is 345 g/mol. The van der Waals surface area contributed by atoms with Crippen molar-refractivity contribution in [3.63, 3.8) is 0 Å². The molecule has 26 heavy (non-hydrogen) atoms. The molecular weight excluding hydrogens is 322 g/mol. The van der Waals surface area contributed by atoms with Gasteiger partial charge < -0.3 is 9.80 Å². The number of nitrogens with zero attached hydrogens (tertiary/aromatic N) is 5. The van der Waals surface area contributed by atoms with E-state index < -0.39 is 0 Å². The molecular formula is C21H23N5. The molecule has 0 spiro atoms. The van der Waals surface area contributed by atoms with Crippen LogP contribution in [0.3, 0.4) is 0 Å². The van der Waals surface area contributed by atoms with Crippen molar-refractivity contribution in [2.24, 2.45) is 0 Å². The summed E-state index contributed by atoms with van der Waals surface area (Å²) < 4.78 is 0. The van der Waals surface area contributed by atoms with E-state index in [4.69, 9.17) is 4.98 Å². The first-order chi connectivity index (χ1) is 12.7. The number of hydrogen-bond acceptors (Lipinski definition) is 5. The van der Waals surface area contributed by atoms with Crippen LogP contribution in [-0.2, 0) is 6.42 Å². The highest BCUT2D eigenvalue weighted by atomic mass is 15.4. The summed E-state index contributed by atoms with van der Waals surface area (Å²) in [7, 11) is 0. The summed E-state index contributed by atoms with van der Waals surface area (Å²) in [5.74, 6) is 1.48. The highest BCUT2D eigenvalue weighted by molar-refractivity contribution is 5.69. The Morgan fingerprint density at radius 1 is 1.15 bits per heavy atom. The first kappa shape index (κ1) is 16.5. The summed E-state index contributed by atoms with van der Waals surface area (Å²) in [5, 5.41) is 8.56. The maximum Gasteiger partial charge on any atom is 0.251 e. The fourth-order valence-electron chi connectivity index (χ4n) is 3.67. The van der Waals surface area contributed by atoms with Gasteiger partial charge in [-0.15, -0.1) is 5.10 Å². The normalized spacial score (nSPS) is 15.8. The average Bonchev–Trinajstić information content (AvgIpc) is 2.98. The van der Waals surface area contributed by atoms with Crippen molar-refractivity contribution < 1.29 is 0 Å². The van der Waals surface area contributed by atoms with E-state index in [2.05, 4.69) is 89.3 Å². The number of para-hydroxylation sites is 1. The van der Waals surface area contributed by atoms with E-state index in [9.17, 15) is 0 Å². The summed E-state index contributed by atoms with van der Waals surface area (Å²) in [6.07, 6.45) is 2.77. The predicted molar refractivity (Wildman–Crippen MR) is 105 cm³/mol. The van der Waals surface area contributed by atoms with Gasteiger partial charge in [0.15, 0.2) is 5.82 Å². The van der Waals surface area contributed by atoms with E-state index in [1.807, 2.05) is 0 Å². The van der Waals surface area contributed by atoms with Gasteiger partial charge in [0.05, 0.1) is 6.20 Å². The molecule has 1 aliphatic heterocycles. The fourth-order valence-corrected chi connectivity index (χ4v) is 3.67. The topological polar surface area (TPSA) is 45.2 Å². The van der Waals surface area contributed by atoms with Crippen molar-refractivity contribution in [1.82, 2.24) is 15.2 Å². The third kappa shape index (κ3) is 2.90. The molecule has 5 nitrogen and oxygen atoms in total. The van der Waals surface area contributed by atoms with Crippen LogP contribution in [0.25, 0.3) is 0 Å². The van der Waals surface area contributed by atoms with Crippen LogP contribution in [0.4, 0.5) is 23.1 Å². The van der Waals surface area contributed by atoms with Crippen LogP contribution in [0.15, 0.2) is 54.7 Å². The zero-order valence-corrected chi connectivity index (χ0v) is 15.4. The summed E-state index contributed by atoms with van der Waals surface area (Å²) in [5.41, 5.74) is 4.87. The molecule has 3 aromatic rings. The molecule has 1 atom stereocenters. The lowest BCUT2D eigenvalue weighted by atomic mass is 10.1. The quantitative estimate of drug-likeness (QED) is 0.700. The third-order valence-corrected chi connectivity index (χ3v) is 4.86. The SMILES string of the molecule is CCN(c1cccc(C)c1)c1nncc(N2c3ccccc3CC2C)n1. The van der Waals surface area contributed by atoms with Crippen LogP contribution >= 0.6 is 0 Å². The lowest BCUT2D eigenvalue weighted by Gasteiger charge is -2.26. The molecule has 0 bridgehead atoms. The summed E-state index contributed by atoms with van der Waals surface area (Å²) >= 11 is 0. The molecule has 0 N–H and O–H groups in total. The monoisotopic (exact) mass is 345 g/mol. The van der Waals surface area contributed by atoms with Gasteiger partial charge in [0, 0.05) is 24.0 Å². The Bertz CT molecular complexity index is 924. The summed E-state index contributed by atoms with van der Waals surface area (Å²) in [4.78, 5) is 9.21. The number of fused-ring (bicyclic) bond motifs is 1. The van der Waals surface area contributed by atoms with Crippen LogP contribution in [0.5, 0.6) is 0 Å². The van der Waals surface area contributed by atoms with E-state index in [-0.39, 0.29) is 0 Å². The smallest absolute Gasteiger partial charge is 0.251 e. The number of aryl methyl sites for hydroxylation is 1. The molecule has 2 heterocycles. The maximum absolute atomic E-state index is 4.86. The molecule has 132 valence electrons. The van der Waals surface area contributed by atoms with Gasteiger partial charge in [0.25, 0.3) is 5.95 Å². The zero-order chi connectivity index (χ0) is 18.1. The van der Waals surface area contributed by atoms with E-state index in [1.165, 1.54) is 16.8 Å². The lowest BCUT2D eigenvalue weighted by molar-refractivity contribution is 0.741. The van der Waals surface area contributed by atoms with Gasteiger partial charge in [-0.2, -0.15) is 10.1 Å². The predicted octanol–water partition coefficient (Wildman–Crippen LogP) is 4.42. The summed E-state index contributed by atoms with van der Waals surface area (Å²) in [6.45, 7) is 7.20. The van der Waals surface area contributed by atoms with Gasteiger partial charge in [-0.3, -0.25) is 0 Å². The van der Waals surface area contributed by atoms with Crippen molar-refractivity contribution in [2.75, 3.05) is 16.3 Å². The maximum atomic E-state index is 4.86. The standard InChI is InChI=1S/C21H23N5/c1-4-25(18-10-7-8-15(2)12-18)21-23-20(14-22-24-21)26-16(3)13-17-9-5-6-11-19(17)26/h5-12,14,16H,4,13H2,1-3H3. The van der Waals surface area contributed by atoms with Crippen LogP contribution in [-0.4, -0.2) is 27.8 Å². The second-order valence-electron chi connectivity index (χ2n) is 6.75. The lowest BCUT2D eigenvalue weighted by Crippen LogP contribution is -2.27. The van der Waals surface area contributed by atoms with E-state index in [0.29, 0.717) is 12.0 Å².